The molecule has 0 spiro atoms. The lowest BCUT2D eigenvalue weighted by Gasteiger charge is -2.12. The van der Waals surface area contributed by atoms with Crippen molar-refractivity contribution in [2.24, 2.45) is 0 Å². The van der Waals surface area contributed by atoms with Gasteiger partial charge in [-0.15, -0.1) is 0 Å². The van der Waals surface area contributed by atoms with Crippen LogP contribution in [0.15, 0.2) is 61.2 Å². The van der Waals surface area contributed by atoms with Crippen LogP contribution >= 0.6 is 0 Å². The molecule has 0 fully saturated rings. The minimum absolute atomic E-state index is 0.0412. The minimum Gasteiger partial charge on any atom is -0.306 e. The molecule has 8 heteroatoms. The van der Waals surface area contributed by atoms with Gasteiger partial charge in [-0.1, -0.05) is 24.3 Å². The van der Waals surface area contributed by atoms with Crippen LogP contribution in [-0.2, 0) is 22.3 Å². The van der Waals surface area contributed by atoms with Crippen molar-refractivity contribution in [1.29, 1.82) is 0 Å². The van der Waals surface area contributed by atoms with E-state index in [0.717, 1.165) is 23.4 Å². The fraction of sp³-hybridized carbons (Fsp3) is 0.118. The average molecular weight is 363 g/mol. The Kier molecular flexibility index (Phi) is 4.91. The summed E-state index contributed by atoms with van der Waals surface area (Å²) in [4.78, 5) is 3.97. The molecule has 2 aromatic carbocycles. The van der Waals surface area contributed by atoms with Gasteiger partial charge in [-0.2, -0.15) is 0 Å². The zero-order valence-corrected chi connectivity index (χ0v) is 13.9. The lowest BCUT2D eigenvalue weighted by Crippen LogP contribution is -2.25. The maximum Gasteiger partial charge on any atom is 0.216 e. The predicted octanol–water partition coefficient (Wildman–Crippen LogP) is 2.77. The van der Waals surface area contributed by atoms with E-state index in [1.165, 1.54) is 0 Å². The molecular formula is C17H15F2N3O2S. The van der Waals surface area contributed by atoms with Crippen LogP contribution in [-0.4, -0.2) is 18.0 Å². The lowest BCUT2D eigenvalue weighted by molar-refractivity contribution is 0.564. The Morgan fingerprint density at radius 3 is 2.60 bits per heavy atom. The first-order chi connectivity index (χ1) is 11.9. The first-order valence-electron chi connectivity index (χ1n) is 7.42. The quantitative estimate of drug-likeness (QED) is 0.732. The Labute approximate surface area is 144 Å². The molecule has 0 saturated carbocycles. The first-order valence-corrected chi connectivity index (χ1v) is 9.07. The number of rotatable bonds is 6. The van der Waals surface area contributed by atoms with E-state index in [9.17, 15) is 17.2 Å². The van der Waals surface area contributed by atoms with Crippen molar-refractivity contribution in [3.05, 3.63) is 83.9 Å². The van der Waals surface area contributed by atoms with Gasteiger partial charge in [0.2, 0.25) is 10.0 Å². The minimum atomic E-state index is -3.79. The zero-order chi connectivity index (χ0) is 17.9. The predicted molar refractivity (Wildman–Crippen MR) is 89.4 cm³/mol. The summed E-state index contributed by atoms with van der Waals surface area (Å²) in [6.45, 7) is 0.0412. The SMILES string of the molecule is O=S(=O)(Cc1ccc(F)cc1F)NCc1ccccc1-n1ccnc1. The van der Waals surface area contributed by atoms with Crippen LogP contribution in [0.2, 0.25) is 0 Å². The summed E-state index contributed by atoms with van der Waals surface area (Å²) in [7, 11) is -3.79. The number of hydrogen-bond donors (Lipinski definition) is 1. The van der Waals surface area contributed by atoms with Crippen LogP contribution in [0.3, 0.4) is 0 Å². The van der Waals surface area contributed by atoms with Gasteiger partial charge in [-0.3, -0.25) is 0 Å². The summed E-state index contributed by atoms with van der Waals surface area (Å²) in [6, 6.07) is 10.1. The fourth-order valence-corrected chi connectivity index (χ4v) is 3.52. The van der Waals surface area contributed by atoms with Crippen LogP contribution < -0.4 is 4.72 Å². The van der Waals surface area contributed by atoms with Gasteiger partial charge in [0.1, 0.15) is 11.6 Å². The van der Waals surface area contributed by atoms with Gasteiger partial charge in [0.15, 0.2) is 0 Å². The number of hydrogen-bond acceptors (Lipinski definition) is 3. The van der Waals surface area contributed by atoms with Crippen molar-refractivity contribution in [3.63, 3.8) is 0 Å². The number of sulfonamides is 1. The summed E-state index contributed by atoms with van der Waals surface area (Å²) in [5, 5.41) is 0. The number of nitrogens with one attached hydrogen (secondary N) is 1. The molecule has 0 unspecified atom stereocenters. The van der Waals surface area contributed by atoms with E-state index in [0.29, 0.717) is 6.07 Å². The molecule has 0 aliphatic heterocycles. The Morgan fingerprint density at radius 1 is 1.08 bits per heavy atom. The molecule has 0 saturated heterocycles. The second kappa shape index (κ2) is 7.12. The van der Waals surface area contributed by atoms with Gasteiger partial charge in [0.25, 0.3) is 0 Å². The molecule has 1 aromatic heterocycles. The van der Waals surface area contributed by atoms with Gasteiger partial charge < -0.3 is 4.57 Å². The Balaban J connectivity index is 1.75. The molecule has 0 radical (unpaired) electrons. The van der Waals surface area contributed by atoms with Crippen molar-refractivity contribution in [1.82, 2.24) is 14.3 Å². The third-order valence-electron chi connectivity index (χ3n) is 3.62. The molecule has 3 aromatic rings. The molecule has 0 aliphatic carbocycles. The van der Waals surface area contributed by atoms with Crippen LogP contribution in [0.5, 0.6) is 0 Å². The fourth-order valence-electron chi connectivity index (χ4n) is 2.40. The smallest absolute Gasteiger partial charge is 0.216 e. The van der Waals surface area contributed by atoms with Crippen molar-refractivity contribution in [2.45, 2.75) is 12.3 Å². The molecule has 130 valence electrons. The lowest BCUT2D eigenvalue weighted by atomic mass is 10.2. The molecule has 25 heavy (non-hydrogen) atoms. The van der Waals surface area contributed by atoms with E-state index in [1.807, 2.05) is 12.1 Å². The van der Waals surface area contributed by atoms with Gasteiger partial charge in [0, 0.05) is 30.6 Å². The molecular weight excluding hydrogens is 348 g/mol. The summed E-state index contributed by atoms with van der Waals surface area (Å²) in [6.07, 6.45) is 4.99. The Hall–Kier alpha value is -2.58. The molecule has 0 bridgehead atoms. The largest absolute Gasteiger partial charge is 0.306 e. The molecule has 0 amide bonds. The third-order valence-corrected chi connectivity index (χ3v) is 4.89. The highest BCUT2D eigenvalue weighted by molar-refractivity contribution is 7.88. The second-order valence-electron chi connectivity index (χ2n) is 5.41. The van der Waals surface area contributed by atoms with E-state index >= 15 is 0 Å². The monoisotopic (exact) mass is 363 g/mol. The highest BCUT2D eigenvalue weighted by atomic mass is 32.2. The van der Waals surface area contributed by atoms with Gasteiger partial charge in [-0.25, -0.2) is 26.9 Å². The average Bonchev–Trinajstić information content (AvgIpc) is 3.10. The van der Waals surface area contributed by atoms with E-state index in [2.05, 4.69) is 9.71 Å². The standard InChI is InChI=1S/C17H15F2N3O2S/c18-15-6-5-14(16(19)9-15)11-25(23,24)21-10-13-3-1-2-4-17(13)22-8-7-20-12-22/h1-9,12,21H,10-11H2. The van der Waals surface area contributed by atoms with Crippen LogP contribution in [0.25, 0.3) is 5.69 Å². The van der Waals surface area contributed by atoms with E-state index in [4.69, 9.17) is 0 Å². The van der Waals surface area contributed by atoms with Gasteiger partial charge in [-0.05, 0) is 17.7 Å². The van der Waals surface area contributed by atoms with Crippen LogP contribution in [0, 0.1) is 11.6 Å². The molecule has 5 nitrogen and oxygen atoms in total. The number of nitrogens with zero attached hydrogens (tertiary/aromatic N) is 2. The Morgan fingerprint density at radius 2 is 1.88 bits per heavy atom. The Bertz CT molecular complexity index is 973. The van der Waals surface area contributed by atoms with Crippen molar-refractivity contribution in [3.8, 4) is 5.69 Å². The van der Waals surface area contributed by atoms with Gasteiger partial charge in [0.05, 0.1) is 17.8 Å². The summed E-state index contributed by atoms with van der Waals surface area (Å²) < 4.78 is 55.2. The summed E-state index contributed by atoms with van der Waals surface area (Å²) >= 11 is 0. The third kappa shape index (κ3) is 4.28. The number of halogens is 2. The normalized spacial score (nSPS) is 11.6. The topological polar surface area (TPSA) is 64.0 Å². The van der Waals surface area contributed by atoms with E-state index in [-0.39, 0.29) is 12.1 Å². The molecule has 0 aliphatic rings. The number of para-hydroxylation sites is 1. The number of benzene rings is 2. The molecule has 1 N–H and O–H groups in total. The maximum absolute atomic E-state index is 13.7. The highest BCUT2D eigenvalue weighted by Gasteiger charge is 2.16. The summed E-state index contributed by atoms with van der Waals surface area (Å²) in [5.41, 5.74) is 1.44. The number of aromatic nitrogens is 2. The number of imidazole rings is 1. The van der Waals surface area contributed by atoms with Crippen LogP contribution in [0.1, 0.15) is 11.1 Å². The summed E-state index contributed by atoms with van der Waals surface area (Å²) in [5.74, 6) is -2.20. The maximum atomic E-state index is 13.7. The first kappa shape index (κ1) is 17.2. The van der Waals surface area contributed by atoms with Crippen LogP contribution in [0.4, 0.5) is 8.78 Å². The second-order valence-corrected chi connectivity index (χ2v) is 7.22. The molecule has 0 atom stereocenters. The zero-order valence-electron chi connectivity index (χ0n) is 13.1. The van der Waals surface area contributed by atoms with Crippen molar-refractivity contribution in [2.75, 3.05) is 0 Å². The van der Waals surface area contributed by atoms with E-state index < -0.39 is 27.4 Å². The highest BCUT2D eigenvalue weighted by Crippen LogP contribution is 2.16. The van der Waals surface area contributed by atoms with Crippen molar-refractivity contribution < 1.29 is 17.2 Å². The molecule has 3 rings (SSSR count). The van der Waals surface area contributed by atoms with Crippen molar-refractivity contribution >= 4 is 10.0 Å². The van der Waals surface area contributed by atoms with E-state index in [1.54, 1.807) is 35.4 Å². The van der Waals surface area contributed by atoms with Gasteiger partial charge >= 0.3 is 0 Å². The molecule has 1 heterocycles.